The van der Waals surface area contributed by atoms with Crippen molar-refractivity contribution >= 4 is 6.09 Å². The quantitative estimate of drug-likeness (QED) is 0.768. The van der Waals surface area contributed by atoms with Crippen molar-refractivity contribution in [1.29, 1.82) is 0 Å². The van der Waals surface area contributed by atoms with E-state index in [0.717, 1.165) is 36.6 Å². The van der Waals surface area contributed by atoms with Gasteiger partial charge in [-0.15, -0.1) is 0 Å². The van der Waals surface area contributed by atoms with Crippen LogP contribution in [0.2, 0.25) is 0 Å². The lowest BCUT2D eigenvalue weighted by Crippen LogP contribution is -2.40. The summed E-state index contributed by atoms with van der Waals surface area (Å²) in [5.74, 6) is 1.25. The maximum atomic E-state index is 12.8. The molecule has 6 nitrogen and oxygen atoms in total. The van der Waals surface area contributed by atoms with Crippen LogP contribution in [0.4, 0.5) is 4.79 Å². The van der Waals surface area contributed by atoms with E-state index in [1.165, 1.54) is 12.8 Å². The fourth-order valence-corrected chi connectivity index (χ4v) is 3.86. The van der Waals surface area contributed by atoms with E-state index >= 15 is 0 Å². The van der Waals surface area contributed by atoms with Gasteiger partial charge in [0.25, 0.3) is 0 Å². The fourth-order valence-electron chi connectivity index (χ4n) is 3.86. The minimum absolute atomic E-state index is 0.0299. The van der Waals surface area contributed by atoms with Gasteiger partial charge in [0.05, 0.1) is 18.8 Å². The van der Waals surface area contributed by atoms with Crippen molar-refractivity contribution in [3.63, 3.8) is 0 Å². The van der Waals surface area contributed by atoms with Crippen LogP contribution >= 0.6 is 0 Å². The molecule has 1 aromatic heterocycles. The van der Waals surface area contributed by atoms with Crippen LogP contribution in [0.3, 0.4) is 0 Å². The molecule has 0 spiro atoms. The van der Waals surface area contributed by atoms with Crippen LogP contribution in [0.1, 0.15) is 57.7 Å². The standard InChI is InChI=1S/C22H37N3O3/c1-22(2,3)28-21(27)25(15-20-12-19(16-26)10-11-23-20)14-18-8-6-17(7-9-18)13-24(4)5/h10-12,17-18,26H,6-9,13-16H2,1-5H3. The Labute approximate surface area is 169 Å². The number of nitrogens with zero attached hydrogens (tertiary/aromatic N) is 3. The van der Waals surface area contributed by atoms with Gasteiger partial charge in [0.15, 0.2) is 0 Å². The van der Waals surface area contributed by atoms with Crippen molar-refractivity contribution in [2.24, 2.45) is 11.8 Å². The first kappa shape index (κ1) is 22.6. The van der Waals surface area contributed by atoms with Crippen molar-refractivity contribution in [3.05, 3.63) is 29.6 Å². The number of ether oxygens (including phenoxy) is 1. The monoisotopic (exact) mass is 391 g/mol. The molecule has 0 bridgehead atoms. The Morgan fingerprint density at radius 3 is 2.32 bits per heavy atom. The Kier molecular flexibility index (Phi) is 8.25. The van der Waals surface area contributed by atoms with Gasteiger partial charge in [0, 0.05) is 19.3 Å². The fraction of sp³-hybridized carbons (Fsp3) is 0.727. The summed E-state index contributed by atoms with van der Waals surface area (Å²) in [6.07, 6.45) is 6.09. The minimum atomic E-state index is -0.529. The second kappa shape index (κ2) is 10.2. The highest BCUT2D eigenvalue weighted by Crippen LogP contribution is 2.30. The average molecular weight is 392 g/mol. The molecular formula is C22H37N3O3. The van der Waals surface area contributed by atoms with Crippen molar-refractivity contribution in [2.45, 2.75) is 65.2 Å². The average Bonchev–Trinajstić information content (AvgIpc) is 2.61. The molecule has 0 radical (unpaired) electrons. The van der Waals surface area contributed by atoms with Gasteiger partial charge in [-0.3, -0.25) is 4.98 Å². The Hall–Kier alpha value is -1.66. The summed E-state index contributed by atoms with van der Waals surface area (Å²) in [7, 11) is 4.26. The number of hydrogen-bond donors (Lipinski definition) is 1. The molecule has 158 valence electrons. The molecule has 1 amide bonds. The SMILES string of the molecule is CN(C)CC1CCC(CN(Cc2cc(CO)ccn2)C(=O)OC(C)(C)C)CC1. The lowest BCUT2D eigenvalue weighted by Gasteiger charge is -2.34. The van der Waals surface area contributed by atoms with E-state index in [1.807, 2.05) is 26.8 Å². The highest BCUT2D eigenvalue weighted by atomic mass is 16.6. The molecule has 1 fully saturated rings. The van der Waals surface area contributed by atoms with Gasteiger partial charge in [0.1, 0.15) is 5.60 Å². The van der Waals surface area contributed by atoms with E-state index < -0.39 is 5.60 Å². The highest BCUT2D eigenvalue weighted by Gasteiger charge is 2.28. The first-order valence-corrected chi connectivity index (χ1v) is 10.3. The maximum absolute atomic E-state index is 12.8. The van der Waals surface area contributed by atoms with Crippen LogP contribution in [0.5, 0.6) is 0 Å². The molecule has 1 aliphatic carbocycles. The molecule has 1 heterocycles. The molecule has 0 saturated heterocycles. The number of aromatic nitrogens is 1. The van der Waals surface area contributed by atoms with E-state index in [-0.39, 0.29) is 12.7 Å². The number of pyridine rings is 1. The van der Waals surface area contributed by atoms with Gasteiger partial charge in [-0.25, -0.2) is 4.79 Å². The highest BCUT2D eigenvalue weighted by molar-refractivity contribution is 5.68. The van der Waals surface area contributed by atoms with Gasteiger partial charge in [-0.1, -0.05) is 0 Å². The zero-order valence-electron chi connectivity index (χ0n) is 18.1. The van der Waals surface area contributed by atoms with Crippen molar-refractivity contribution in [1.82, 2.24) is 14.8 Å². The Morgan fingerprint density at radius 2 is 1.79 bits per heavy atom. The maximum Gasteiger partial charge on any atom is 0.410 e. The van der Waals surface area contributed by atoms with E-state index in [2.05, 4.69) is 24.0 Å². The number of hydrogen-bond acceptors (Lipinski definition) is 5. The van der Waals surface area contributed by atoms with E-state index in [9.17, 15) is 9.90 Å². The zero-order chi connectivity index (χ0) is 20.7. The molecule has 0 atom stereocenters. The summed E-state index contributed by atoms with van der Waals surface area (Å²) in [6.45, 7) is 7.87. The molecule has 28 heavy (non-hydrogen) atoms. The Balaban J connectivity index is 2.03. The predicted molar refractivity (Wildman–Crippen MR) is 111 cm³/mol. The lowest BCUT2D eigenvalue weighted by molar-refractivity contribution is 0.0179. The smallest absolute Gasteiger partial charge is 0.410 e. The minimum Gasteiger partial charge on any atom is -0.444 e. The number of aliphatic hydroxyl groups is 1. The molecular weight excluding hydrogens is 354 g/mol. The second-order valence-corrected chi connectivity index (χ2v) is 9.32. The Bertz CT molecular complexity index is 620. The molecule has 2 rings (SSSR count). The van der Waals surface area contributed by atoms with Gasteiger partial charge in [0.2, 0.25) is 0 Å². The van der Waals surface area contributed by atoms with Crippen LogP contribution in [0, 0.1) is 11.8 Å². The van der Waals surface area contributed by atoms with Crippen LogP contribution in [0.25, 0.3) is 0 Å². The molecule has 0 aromatic carbocycles. The van der Waals surface area contributed by atoms with E-state index in [0.29, 0.717) is 19.0 Å². The predicted octanol–water partition coefficient (Wildman–Crippen LogP) is 3.68. The number of rotatable bonds is 7. The third-order valence-corrected chi connectivity index (χ3v) is 5.14. The molecule has 0 aliphatic heterocycles. The molecule has 6 heteroatoms. The van der Waals surface area contributed by atoms with Crippen LogP contribution in [0.15, 0.2) is 18.3 Å². The summed E-state index contributed by atoms with van der Waals surface area (Å²) < 4.78 is 5.65. The Morgan fingerprint density at radius 1 is 1.18 bits per heavy atom. The number of carbonyl (C=O) groups excluding carboxylic acids is 1. The summed E-state index contributed by atoms with van der Waals surface area (Å²) in [6, 6.07) is 3.64. The first-order valence-electron chi connectivity index (χ1n) is 10.3. The number of aliphatic hydroxyl groups excluding tert-OH is 1. The van der Waals surface area contributed by atoms with Crippen LogP contribution in [-0.4, -0.2) is 58.8 Å². The normalized spacial score (nSPS) is 20.2. The molecule has 1 saturated carbocycles. The third kappa shape index (κ3) is 7.76. The largest absolute Gasteiger partial charge is 0.444 e. The van der Waals surface area contributed by atoms with Crippen LogP contribution < -0.4 is 0 Å². The lowest BCUT2D eigenvalue weighted by atomic mass is 9.81. The summed E-state index contributed by atoms with van der Waals surface area (Å²) in [5.41, 5.74) is 1.05. The molecule has 0 unspecified atom stereocenters. The van der Waals surface area contributed by atoms with E-state index in [1.54, 1.807) is 17.2 Å². The first-order chi connectivity index (χ1) is 13.2. The topological polar surface area (TPSA) is 65.9 Å². The van der Waals surface area contributed by atoms with Crippen molar-refractivity contribution in [3.8, 4) is 0 Å². The van der Waals surface area contributed by atoms with Gasteiger partial charge in [-0.2, -0.15) is 0 Å². The second-order valence-electron chi connectivity index (χ2n) is 9.32. The van der Waals surface area contributed by atoms with Crippen molar-refractivity contribution in [2.75, 3.05) is 27.2 Å². The molecule has 1 aliphatic rings. The third-order valence-electron chi connectivity index (χ3n) is 5.14. The van der Waals surface area contributed by atoms with Crippen molar-refractivity contribution < 1.29 is 14.6 Å². The molecule has 1 aromatic rings. The molecule has 1 N–H and O–H groups in total. The zero-order valence-corrected chi connectivity index (χ0v) is 18.1. The summed E-state index contributed by atoms with van der Waals surface area (Å²) in [4.78, 5) is 21.2. The van der Waals surface area contributed by atoms with Crippen LogP contribution in [-0.2, 0) is 17.9 Å². The van der Waals surface area contributed by atoms with E-state index in [4.69, 9.17) is 4.74 Å². The number of amides is 1. The van der Waals surface area contributed by atoms with Gasteiger partial charge in [-0.05, 0) is 90.1 Å². The van der Waals surface area contributed by atoms with Gasteiger partial charge < -0.3 is 19.6 Å². The summed E-state index contributed by atoms with van der Waals surface area (Å²) in [5, 5.41) is 9.37. The number of carbonyl (C=O) groups is 1. The summed E-state index contributed by atoms with van der Waals surface area (Å²) >= 11 is 0. The van der Waals surface area contributed by atoms with Gasteiger partial charge >= 0.3 is 6.09 Å².